The minimum atomic E-state index is 0.260. The number of ether oxygens (including phenoxy) is 2. The summed E-state index contributed by atoms with van der Waals surface area (Å²) in [6.45, 7) is 6.90. The van der Waals surface area contributed by atoms with Crippen LogP contribution in [0.1, 0.15) is 12.0 Å². The quantitative estimate of drug-likeness (QED) is 0.564. The molecule has 1 aromatic carbocycles. The molecular formula is C15H21NO2. The molecule has 3 nitrogen and oxygen atoms in total. The Labute approximate surface area is 109 Å². The monoisotopic (exact) mass is 247 g/mol. The first-order chi connectivity index (χ1) is 8.90. The number of hydrogen-bond acceptors (Lipinski definition) is 3. The van der Waals surface area contributed by atoms with Crippen LogP contribution in [0, 0.1) is 0 Å². The number of hydrogen-bond donors (Lipinski definition) is 1. The van der Waals surface area contributed by atoms with Gasteiger partial charge in [-0.15, -0.1) is 6.58 Å². The van der Waals surface area contributed by atoms with Crippen LogP contribution in [-0.2, 0) is 11.2 Å². The first kappa shape index (κ1) is 13.1. The number of fused-ring (bicyclic) bond motifs is 1. The van der Waals surface area contributed by atoms with Crippen molar-refractivity contribution in [1.29, 1.82) is 0 Å². The van der Waals surface area contributed by atoms with Gasteiger partial charge in [-0.1, -0.05) is 24.3 Å². The second-order valence-corrected chi connectivity index (χ2v) is 4.45. The average Bonchev–Trinajstić information content (AvgIpc) is 2.80. The predicted octanol–water partition coefficient (Wildman–Crippen LogP) is 2.17. The van der Waals surface area contributed by atoms with Gasteiger partial charge in [0.1, 0.15) is 11.9 Å². The van der Waals surface area contributed by atoms with E-state index in [-0.39, 0.29) is 6.10 Å². The van der Waals surface area contributed by atoms with Gasteiger partial charge in [0.05, 0.1) is 13.2 Å². The maximum absolute atomic E-state index is 5.84. The lowest BCUT2D eigenvalue weighted by molar-refractivity contribution is 0.136. The van der Waals surface area contributed by atoms with Crippen LogP contribution in [0.15, 0.2) is 36.9 Å². The van der Waals surface area contributed by atoms with E-state index >= 15 is 0 Å². The number of rotatable bonds is 8. The van der Waals surface area contributed by atoms with E-state index in [4.69, 9.17) is 9.47 Å². The van der Waals surface area contributed by atoms with Crippen molar-refractivity contribution in [2.75, 3.05) is 26.3 Å². The molecule has 0 radical (unpaired) electrons. The van der Waals surface area contributed by atoms with Gasteiger partial charge in [0.2, 0.25) is 0 Å². The van der Waals surface area contributed by atoms with Gasteiger partial charge in [-0.2, -0.15) is 0 Å². The Balaban J connectivity index is 1.55. The van der Waals surface area contributed by atoms with Gasteiger partial charge in [0.15, 0.2) is 0 Å². The molecule has 0 saturated carbocycles. The Kier molecular flexibility index (Phi) is 5.24. The Morgan fingerprint density at radius 2 is 2.28 bits per heavy atom. The molecule has 1 heterocycles. The molecule has 98 valence electrons. The Morgan fingerprint density at radius 1 is 1.39 bits per heavy atom. The summed E-state index contributed by atoms with van der Waals surface area (Å²) in [6, 6.07) is 8.25. The smallest absolute Gasteiger partial charge is 0.123 e. The van der Waals surface area contributed by atoms with E-state index in [0.29, 0.717) is 0 Å². The molecule has 3 heteroatoms. The van der Waals surface area contributed by atoms with Gasteiger partial charge in [-0.05, 0) is 18.1 Å². The summed E-state index contributed by atoms with van der Waals surface area (Å²) in [7, 11) is 0. The minimum absolute atomic E-state index is 0.260. The summed E-state index contributed by atoms with van der Waals surface area (Å²) < 4.78 is 11.3. The number of benzene rings is 1. The molecule has 1 aliphatic heterocycles. The number of nitrogens with one attached hydrogen (secondary N) is 1. The molecule has 1 aliphatic rings. The molecule has 2 rings (SSSR count). The van der Waals surface area contributed by atoms with Crippen LogP contribution in [0.4, 0.5) is 0 Å². The highest BCUT2D eigenvalue weighted by molar-refractivity contribution is 5.37. The normalized spacial score (nSPS) is 17.2. The predicted molar refractivity (Wildman–Crippen MR) is 73.1 cm³/mol. The molecule has 0 aliphatic carbocycles. The molecular weight excluding hydrogens is 226 g/mol. The summed E-state index contributed by atoms with van der Waals surface area (Å²) in [4.78, 5) is 0. The van der Waals surface area contributed by atoms with Crippen molar-refractivity contribution in [1.82, 2.24) is 5.32 Å². The van der Waals surface area contributed by atoms with Crippen LogP contribution in [0.2, 0.25) is 0 Å². The summed E-state index contributed by atoms with van der Waals surface area (Å²) in [5, 5.41) is 3.36. The fourth-order valence-corrected chi connectivity index (χ4v) is 2.04. The Morgan fingerprint density at radius 3 is 3.11 bits per heavy atom. The highest BCUT2D eigenvalue weighted by atomic mass is 16.5. The van der Waals surface area contributed by atoms with Crippen molar-refractivity contribution in [3.8, 4) is 5.75 Å². The van der Waals surface area contributed by atoms with Crippen LogP contribution < -0.4 is 10.1 Å². The number of para-hydroxylation sites is 1. The molecule has 0 spiro atoms. The SMILES string of the molecule is C=CCCOCCNCC1Cc2ccccc2O1. The van der Waals surface area contributed by atoms with Crippen molar-refractivity contribution in [3.05, 3.63) is 42.5 Å². The molecule has 0 amide bonds. The molecule has 1 atom stereocenters. The first-order valence-electron chi connectivity index (χ1n) is 6.54. The summed E-state index contributed by atoms with van der Waals surface area (Å²) in [6.07, 6.45) is 4.05. The van der Waals surface area contributed by atoms with Crippen molar-refractivity contribution in [3.63, 3.8) is 0 Å². The second-order valence-electron chi connectivity index (χ2n) is 4.45. The summed E-state index contributed by atoms with van der Waals surface area (Å²) in [5.41, 5.74) is 1.31. The van der Waals surface area contributed by atoms with E-state index in [1.165, 1.54) is 5.56 Å². The zero-order valence-electron chi connectivity index (χ0n) is 10.7. The third-order valence-electron chi connectivity index (χ3n) is 2.98. The average molecular weight is 247 g/mol. The Hall–Kier alpha value is -1.32. The topological polar surface area (TPSA) is 30.5 Å². The lowest BCUT2D eigenvalue weighted by Gasteiger charge is -2.11. The standard InChI is InChI=1S/C15H21NO2/c1-2-3-9-17-10-8-16-12-14-11-13-6-4-5-7-15(13)18-14/h2,4-7,14,16H,1,3,8-12H2. The molecule has 0 bridgehead atoms. The van der Waals surface area contributed by atoms with E-state index in [1.54, 1.807) is 0 Å². The maximum atomic E-state index is 5.84. The van der Waals surface area contributed by atoms with Crippen molar-refractivity contribution >= 4 is 0 Å². The van der Waals surface area contributed by atoms with E-state index < -0.39 is 0 Å². The molecule has 1 aromatic rings. The van der Waals surface area contributed by atoms with Crippen LogP contribution >= 0.6 is 0 Å². The van der Waals surface area contributed by atoms with Crippen LogP contribution in [0.3, 0.4) is 0 Å². The lowest BCUT2D eigenvalue weighted by Crippen LogP contribution is -2.32. The Bertz CT molecular complexity index is 354. The van der Waals surface area contributed by atoms with E-state index in [9.17, 15) is 0 Å². The minimum Gasteiger partial charge on any atom is -0.488 e. The molecule has 1 N–H and O–H groups in total. The van der Waals surface area contributed by atoms with Gasteiger partial charge < -0.3 is 14.8 Å². The van der Waals surface area contributed by atoms with E-state index in [1.807, 2.05) is 18.2 Å². The van der Waals surface area contributed by atoms with Crippen molar-refractivity contribution in [2.45, 2.75) is 18.9 Å². The van der Waals surface area contributed by atoms with Crippen LogP contribution in [-0.4, -0.2) is 32.4 Å². The first-order valence-corrected chi connectivity index (χ1v) is 6.54. The zero-order chi connectivity index (χ0) is 12.6. The van der Waals surface area contributed by atoms with E-state index in [2.05, 4.69) is 24.0 Å². The summed E-state index contributed by atoms with van der Waals surface area (Å²) >= 11 is 0. The fraction of sp³-hybridized carbons (Fsp3) is 0.467. The molecule has 18 heavy (non-hydrogen) atoms. The third kappa shape index (κ3) is 3.86. The van der Waals surface area contributed by atoms with Gasteiger partial charge >= 0.3 is 0 Å². The van der Waals surface area contributed by atoms with Gasteiger partial charge in [-0.3, -0.25) is 0 Å². The highest BCUT2D eigenvalue weighted by Crippen LogP contribution is 2.27. The van der Waals surface area contributed by atoms with Crippen molar-refractivity contribution < 1.29 is 9.47 Å². The van der Waals surface area contributed by atoms with Gasteiger partial charge in [-0.25, -0.2) is 0 Å². The molecule has 1 unspecified atom stereocenters. The molecule has 0 aromatic heterocycles. The largest absolute Gasteiger partial charge is 0.488 e. The van der Waals surface area contributed by atoms with Gasteiger partial charge in [0, 0.05) is 19.5 Å². The van der Waals surface area contributed by atoms with Gasteiger partial charge in [0.25, 0.3) is 0 Å². The molecule has 0 fully saturated rings. The zero-order valence-corrected chi connectivity index (χ0v) is 10.7. The second kappa shape index (κ2) is 7.19. The summed E-state index contributed by atoms with van der Waals surface area (Å²) in [5.74, 6) is 1.03. The highest BCUT2D eigenvalue weighted by Gasteiger charge is 2.21. The lowest BCUT2D eigenvalue weighted by atomic mass is 10.1. The maximum Gasteiger partial charge on any atom is 0.123 e. The van der Waals surface area contributed by atoms with Crippen LogP contribution in [0.5, 0.6) is 5.75 Å². The van der Waals surface area contributed by atoms with E-state index in [0.717, 1.165) is 44.9 Å². The third-order valence-corrected chi connectivity index (χ3v) is 2.98. The molecule has 0 saturated heterocycles. The van der Waals surface area contributed by atoms with Crippen molar-refractivity contribution in [2.24, 2.45) is 0 Å². The fourth-order valence-electron chi connectivity index (χ4n) is 2.04. The van der Waals surface area contributed by atoms with Crippen LogP contribution in [0.25, 0.3) is 0 Å².